The van der Waals surface area contributed by atoms with Crippen molar-refractivity contribution >= 4 is 17.4 Å². The van der Waals surface area contributed by atoms with E-state index in [4.69, 9.17) is 5.26 Å². The number of hydrogen-bond acceptors (Lipinski definition) is 4. The number of nitrogens with one attached hydrogen (secondary N) is 1. The lowest BCUT2D eigenvalue weighted by atomic mass is 10.0. The Morgan fingerprint density at radius 1 is 0.741 bits per heavy atom. The molecule has 0 aliphatic heterocycles. The normalized spacial score (nSPS) is 11.0. The molecule has 0 saturated heterocycles. The summed E-state index contributed by atoms with van der Waals surface area (Å²) < 4.78 is 0. The zero-order valence-electron chi connectivity index (χ0n) is 17.4. The van der Waals surface area contributed by atoms with Crippen LogP contribution in [0.25, 0.3) is 0 Å². The molecular weight excluding hydrogens is 354 g/mol. The third kappa shape index (κ3) is 15.0. The minimum Gasteiger partial charge on any atom is -0.236 e. The van der Waals surface area contributed by atoms with Crippen molar-refractivity contribution in [1.29, 1.82) is 0 Å². The largest absolute Gasteiger partial charge is 0.236 e. The van der Waals surface area contributed by atoms with Crippen LogP contribution in [0.3, 0.4) is 0 Å². The molecule has 27 heavy (non-hydrogen) atoms. The van der Waals surface area contributed by atoms with Crippen molar-refractivity contribution < 1.29 is 10.2 Å². The first kappa shape index (κ1) is 24.3. The van der Waals surface area contributed by atoms with E-state index in [-0.39, 0.29) is 0 Å². The van der Waals surface area contributed by atoms with Crippen LogP contribution in [0.5, 0.6) is 0 Å². The standard InChI is InChI=1S/C23H41NO2S/c1-2-3-4-5-6-7-8-9-10-11-12-13-14-15-20-27-21-22-16-18-23(19-17-22)24-26-25/h16-19,24-25H,2-15,20-21H2,1H3. The molecule has 156 valence electrons. The predicted octanol–water partition coefficient (Wildman–Crippen LogP) is 8.22. The van der Waals surface area contributed by atoms with Gasteiger partial charge in [-0.05, 0) is 29.9 Å². The maximum Gasteiger partial charge on any atom is 0.0634 e. The average Bonchev–Trinajstić information content (AvgIpc) is 2.69. The molecule has 2 N–H and O–H groups in total. The summed E-state index contributed by atoms with van der Waals surface area (Å²) in [7, 11) is 0. The quantitative estimate of drug-likeness (QED) is 0.141. The van der Waals surface area contributed by atoms with E-state index in [9.17, 15) is 0 Å². The van der Waals surface area contributed by atoms with Crippen molar-refractivity contribution in [1.82, 2.24) is 0 Å². The Morgan fingerprint density at radius 2 is 1.22 bits per heavy atom. The lowest BCUT2D eigenvalue weighted by Gasteiger charge is -2.05. The first-order valence-corrected chi connectivity index (χ1v) is 12.3. The molecule has 0 aliphatic carbocycles. The summed E-state index contributed by atoms with van der Waals surface area (Å²) in [6, 6.07) is 7.97. The van der Waals surface area contributed by atoms with E-state index >= 15 is 0 Å². The van der Waals surface area contributed by atoms with Crippen LogP contribution < -0.4 is 5.48 Å². The second-order valence-corrected chi connectivity index (χ2v) is 8.64. The zero-order valence-corrected chi connectivity index (χ0v) is 18.2. The first-order valence-electron chi connectivity index (χ1n) is 11.1. The van der Waals surface area contributed by atoms with Gasteiger partial charge in [-0.25, -0.2) is 10.7 Å². The molecule has 0 fully saturated rings. The fraction of sp³-hybridized carbons (Fsp3) is 0.739. The Bertz CT molecular complexity index is 425. The molecule has 0 aromatic heterocycles. The van der Waals surface area contributed by atoms with E-state index in [1.807, 2.05) is 23.9 Å². The zero-order chi connectivity index (χ0) is 19.4. The Balaban J connectivity index is 1.79. The molecular formula is C23H41NO2S. The smallest absolute Gasteiger partial charge is 0.0634 e. The van der Waals surface area contributed by atoms with Crippen LogP contribution in [0.1, 0.15) is 102 Å². The molecule has 0 bridgehead atoms. The monoisotopic (exact) mass is 395 g/mol. The Hall–Kier alpha value is -0.710. The maximum atomic E-state index is 8.33. The summed E-state index contributed by atoms with van der Waals surface area (Å²) in [5.41, 5.74) is 4.48. The SMILES string of the molecule is CCCCCCCCCCCCCCCCSCc1ccc(NOO)cc1. The molecule has 0 unspecified atom stereocenters. The lowest BCUT2D eigenvalue weighted by Crippen LogP contribution is -1.95. The van der Waals surface area contributed by atoms with E-state index in [0.717, 1.165) is 11.4 Å². The highest BCUT2D eigenvalue weighted by molar-refractivity contribution is 7.98. The molecule has 1 aromatic carbocycles. The van der Waals surface area contributed by atoms with Crippen molar-refractivity contribution in [3.8, 4) is 0 Å². The first-order chi connectivity index (χ1) is 13.4. The van der Waals surface area contributed by atoms with Crippen molar-refractivity contribution in [2.24, 2.45) is 0 Å². The van der Waals surface area contributed by atoms with Gasteiger partial charge < -0.3 is 0 Å². The van der Waals surface area contributed by atoms with Gasteiger partial charge in [0.2, 0.25) is 0 Å². The minimum absolute atomic E-state index is 0.762. The molecule has 1 rings (SSSR count). The topological polar surface area (TPSA) is 41.5 Å². The number of unbranched alkanes of at least 4 members (excludes halogenated alkanes) is 13. The summed E-state index contributed by atoms with van der Waals surface area (Å²) in [6.07, 6.45) is 19.9. The van der Waals surface area contributed by atoms with Crippen molar-refractivity contribution in [3.63, 3.8) is 0 Å². The lowest BCUT2D eigenvalue weighted by molar-refractivity contribution is -0.215. The van der Waals surface area contributed by atoms with Gasteiger partial charge >= 0.3 is 0 Å². The van der Waals surface area contributed by atoms with Gasteiger partial charge in [0, 0.05) is 5.75 Å². The molecule has 0 amide bonds. The van der Waals surface area contributed by atoms with Gasteiger partial charge in [-0.2, -0.15) is 11.8 Å². The Labute approximate surface area is 171 Å². The fourth-order valence-electron chi connectivity index (χ4n) is 3.31. The van der Waals surface area contributed by atoms with Crippen molar-refractivity contribution in [3.05, 3.63) is 29.8 Å². The molecule has 0 radical (unpaired) electrons. The molecule has 4 heteroatoms. The molecule has 0 spiro atoms. The third-order valence-electron chi connectivity index (χ3n) is 5.03. The average molecular weight is 396 g/mol. The fourth-order valence-corrected chi connectivity index (χ4v) is 4.29. The minimum atomic E-state index is 0.762. The van der Waals surface area contributed by atoms with Crippen LogP contribution in [0, 0.1) is 0 Å². The van der Waals surface area contributed by atoms with Gasteiger partial charge in [0.15, 0.2) is 0 Å². The Kier molecular flexibility index (Phi) is 16.8. The highest BCUT2D eigenvalue weighted by Gasteiger charge is 1.97. The van der Waals surface area contributed by atoms with E-state index in [1.165, 1.54) is 101 Å². The second kappa shape index (κ2) is 18.6. The molecule has 0 heterocycles. The van der Waals surface area contributed by atoms with Crippen molar-refractivity contribution in [2.75, 3.05) is 11.2 Å². The van der Waals surface area contributed by atoms with Crippen molar-refractivity contribution in [2.45, 2.75) is 103 Å². The highest BCUT2D eigenvalue weighted by atomic mass is 32.2. The third-order valence-corrected chi connectivity index (χ3v) is 6.14. The van der Waals surface area contributed by atoms with E-state index in [0.29, 0.717) is 0 Å². The number of thioether (sulfide) groups is 1. The van der Waals surface area contributed by atoms with Crippen LogP contribution >= 0.6 is 11.8 Å². The van der Waals surface area contributed by atoms with Gasteiger partial charge in [-0.1, -0.05) is 103 Å². The van der Waals surface area contributed by atoms with Gasteiger partial charge in [-0.3, -0.25) is 0 Å². The number of anilines is 1. The van der Waals surface area contributed by atoms with E-state index in [1.54, 1.807) is 0 Å². The van der Waals surface area contributed by atoms with Gasteiger partial charge in [-0.15, -0.1) is 4.99 Å². The number of benzene rings is 1. The molecule has 0 atom stereocenters. The molecule has 0 aliphatic rings. The Morgan fingerprint density at radius 3 is 1.70 bits per heavy atom. The van der Waals surface area contributed by atoms with Crippen LogP contribution in [0.15, 0.2) is 24.3 Å². The summed E-state index contributed by atoms with van der Waals surface area (Å²) in [5.74, 6) is 2.30. The van der Waals surface area contributed by atoms with Crippen LogP contribution in [0.2, 0.25) is 0 Å². The van der Waals surface area contributed by atoms with Crippen LogP contribution in [0.4, 0.5) is 5.69 Å². The molecule has 3 nitrogen and oxygen atoms in total. The highest BCUT2D eigenvalue weighted by Crippen LogP contribution is 2.18. The van der Waals surface area contributed by atoms with Gasteiger partial charge in [0.25, 0.3) is 0 Å². The number of rotatable bonds is 19. The summed E-state index contributed by atoms with van der Waals surface area (Å²) in [5, 5.41) is 8.33. The molecule has 0 saturated carbocycles. The number of hydrogen-bond donors (Lipinski definition) is 2. The molecule has 1 aromatic rings. The predicted molar refractivity (Wildman–Crippen MR) is 120 cm³/mol. The van der Waals surface area contributed by atoms with Gasteiger partial charge in [0.05, 0.1) is 5.69 Å². The van der Waals surface area contributed by atoms with Crippen LogP contribution in [-0.4, -0.2) is 11.0 Å². The summed E-state index contributed by atoms with van der Waals surface area (Å²) in [6.45, 7) is 2.29. The van der Waals surface area contributed by atoms with E-state index in [2.05, 4.69) is 29.5 Å². The summed E-state index contributed by atoms with van der Waals surface area (Å²) >= 11 is 2.01. The maximum absolute atomic E-state index is 8.33. The van der Waals surface area contributed by atoms with E-state index < -0.39 is 0 Å². The summed E-state index contributed by atoms with van der Waals surface area (Å²) in [4.78, 5) is 3.91. The second-order valence-electron chi connectivity index (χ2n) is 7.54. The van der Waals surface area contributed by atoms with Gasteiger partial charge in [0.1, 0.15) is 0 Å². The van der Waals surface area contributed by atoms with Crippen LogP contribution in [-0.2, 0) is 10.7 Å².